The molecule has 1 aromatic rings. The fourth-order valence-corrected chi connectivity index (χ4v) is 2.71. The zero-order valence-electron chi connectivity index (χ0n) is 11.8. The molecule has 21 heavy (non-hydrogen) atoms. The molecule has 3 nitrogen and oxygen atoms in total. The van der Waals surface area contributed by atoms with Crippen molar-refractivity contribution in [2.45, 2.75) is 45.3 Å². The van der Waals surface area contributed by atoms with Gasteiger partial charge < -0.3 is 5.32 Å². The van der Waals surface area contributed by atoms with Gasteiger partial charge in [0.05, 0.1) is 0 Å². The predicted molar refractivity (Wildman–Crippen MR) is 71.2 cm³/mol. The molecule has 1 amide bonds. The zero-order chi connectivity index (χ0) is 15.8. The number of ketones is 1. The number of carbonyl (C=O) groups excluding carboxylic acids is 2. The first-order chi connectivity index (χ1) is 9.72. The fourth-order valence-electron chi connectivity index (χ4n) is 2.71. The largest absolute Gasteiger partial charge is 0.471 e. The number of rotatable bonds is 3. The van der Waals surface area contributed by atoms with Crippen molar-refractivity contribution in [2.24, 2.45) is 0 Å². The summed E-state index contributed by atoms with van der Waals surface area (Å²) in [6.07, 6.45) is -3.50. The van der Waals surface area contributed by atoms with Crippen LogP contribution in [0.25, 0.3) is 0 Å². The van der Waals surface area contributed by atoms with Gasteiger partial charge in [0.2, 0.25) is 0 Å². The van der Waals surface area contributed by atoms with Crippen molar-refractivity contribution in [1.82, 2.24) is 5.32 Å². The smallest absolute Gasteiger partial charge is 0.345 e. The maximum Gasteiger partial charge on any atom is 0.471 e. The molecule has 0 spiro atoms. The Kier molecular flexibility index (Phi) is 4.07. The SMILES string of the molecule is CCc1cc2c(cc1C(C)=O)CC(NC(=O)C(F)(F)F)C2. The average molecular weight is 299 g/mol. The second-order valence-corrected chi connectivity index (χ2v) is 5.26. The van der Waals surface area contributed by atoms with Gasteiger partial charge in [0.25, 0.3) is 0 Å². The van der Waals surface area contributed by atoms with Crippen molar-refractivity contribution in [1.29, 1.82) is 0 Å². The van der Waals surface area contributed by atoms with Crippen LogP contribution in [0.5, 0.6) is 0 Å². The Morgan fingerprint density at radius 2 is 1.81 bits per heavy atom. The van der Waals surface area contributed by atoms with Crippen LogP contribution in [0.1, 0.15) is 40.9 Å². The quantitative estimate of drug-likeness (QED) is 0.872. The number of aryl methyl sites for hydroxylation is 1. The molecule has 0 fully saturated rings. The lowest BCUT2D eigenvalue weighted by Gasteiger charge is -2.13. The summed E-state index contributed by atoms with van der Waals surface area (Å²) in [5.41, 5.74) is 3.25. The van der Waals surface area contributed by atoms with E-state index in [1.54, 1.807) is 6.07 Å². The summed E-state index contributed by atoms with van der Waals surface area (Å²) >= 11 is 0. The van der Waals surface area contributed by atoms with Crippen molar-refractivity contribution in [2.75, 3.05) is 0 Å². The molecular weight excluding hydrogens is 283 g/mol. The van der Waals surface area contributed by atoms with E-state index in [9.17, 15) is 22.8 Å². The first kappa shape index (κ1) is 15.5. The average Bonchev–Trinajstić information content (AvgIpc) is 2.76. The number of nitrogens with one attached hydrogen (secondary N) is 1. The van der Waals surface area contributed by atoms with E-state index in [2.05, 4.69) is 0 Å². The molecule has 1 atom stereocenters. The van der Waals surface area contributed by atoms with Crippen LogP contribution in [0.15, 0.2) is 12.1 Å². The van der Waals surface area contributed by atoms with E-state index in [4.69, 9.17) is 0 Å². The van der Waals surface area contributed by atoms with E-state index in [1.807, 2.05) is 18.3 Å². The summed E-state index contributed by atoms with van der Waals surface area (Å²) in [5, 5.41) is 2.00. The molecule has 114 valence electrons. The van der Waals surface area contributed by atoms with Crippen LogP contribution < -0.4 is 5.32 Å². The van der Waals surface area contributed by atoms with Gasteiger partial charge in [-0.1, -0.05) is 13.0 Å². The summed E-state index contributed by atoms with van der Waals surface area (Å²) < 4.78 is 36.8. The maximum atomic E-state index is 12.3. The minimum absolute atomic E-state index is 0.0579. The third-order valence-electron chi connectivity index (χ3n) is 3.71. The number of hydrogen-bond donors (Lipinski definition) is 1. The summed E-state index contributed by atoms with van der Waals surface area (Å²) in [6, 6.07) is 3.04. The lowest BCUT2D eigenvalue weighted by Crippen LogP contribution is -2.43. The highest BCUT2D eigenvalue weighted by Gasteiger charge is 2.40. The number of carbonyl (C=O) groups is 2. The van der Waals surface area contributed by atoms with Crippen LogP contribution in [0.4, 0.5) is 13.2 Å². The minimum atomic E-state index is -4.87. The second kappa shape index (κ2) is 5.50. The normalized spacial score (nSPS) is 17.5. The van der Waals surface area contributed by atoms with Crippen molar-refractivity contribution < 1.29 is 22.8 Å². The first-order valence-corrected chi connectivity index (χ1v) is 6.75. The highest BCUT2D eigenvalue weighted by molar-refractivity contribution is 5.96. The van der Waals surface area contributed by atoms with Gasteiger partial charge in [-0.25, -0.2) is 0 Å². The highest BCUT2D eigenvalue weighted by atomic mass is 19.4. The van der Waals surface area contributed by atoms with Crippen LogP contribution in [-0.2, 0) is 24.1 Å². The Labute approximate surface area is 120 Å². The van der Waals surface area contributed by atoms with Crippen LogP contribution in [-0.4, -0.2) is 23.9 Å². The molecule has 6 heteroatoms. The number of Topliss-reactive ketones (excluding diaryl/α,β-unsaturated/α-hetero) is 1. The fraction of sp³-hybridized carbons (Fsp3) is 0.467. The zero-order valence-corrected chi connectivity index (χ0v) is 11.8. The number of halogens is 3. The predicted octanol–water partition coefficient (Wildman–Crippen LogP) is 2.60. The number of alkyl halides is 3. The number of amides is 1. The maximum absolute atomic E-state index is 12.3. The minimum Gasteiger partial charge on any atom is -0.345 e. The molecule has 1 aliphatic carbocycles. The topological polar surface area (TPSA) is 46.2 Å². The van der Waals surface area contributed by atoms with Crippen LogP contribution in [0, 0.1) is 0 Å². The second-order valence-electron chi connectivity index (χ2n) is 5.26. The van der Waals surface area contributed by atoms with Gasteiger partial charge in [0, 0.05) is 11.6 Å². The van der Waals surface area contributed by atoms with E-state index in [1.165, 1.54) is 6.92 Å². The molecule has 0 saturated carbocycles. The van der Waals surface area contributed by atoms with E-state index in [-0.39, 0.29) is 5.78 Å². The molecule has 2 rings (SSSR count). The lowest BCUT2D eigenvalue weighted by molar-refractivity contribution is -0.174. The monoisotopic (exact) mass is 299 g/mol. The van der Waals surface area contributed by atoms with Crippen LogP contribution in [0.2, 0.25) is 0 Å². The van der Waals surface area contributed by atoms with Gasteiger partial charge in [-0.3, -0.25) is 9.59 Å². The Morgan fingerprint density at radius 1 is 1.24 bits per heavy atom. The highest BCUT2D eigenvalue weighted by Crippen LogP contribution is 2.27. The third-order valence-corrected chi connectivity index (χ3v) is 3.71. The van der Waals surface area contributed by atoms with Crippen molar-refractivity contribution in [3.63, 3.8) is 0 Å². The van der Waals surface area contributed by atoms with Gasteiger partial charge in [-0.05, 0) is 48.9 Å². The molecule has 1 aliphatic rings. The van der Waals surface area contributed by atoms with Gasteiger partial charge >= 0.3 is 12.1 Å². The van der Waals surface area contributed by atoms with Crippen molar-refractivity contribution >= 4 is 11.7 Å². The molecular formula is C15H16F3NO2. The summed E-state index contributed by atoms with van der Waals surface area (Å²) in [6.45, 7) is 3.39. The molecule has 0 saturated heterocycles. The summed E-state index contributed by atoms with van der Waals surface area (Å²) in [5.74, 6) is -1.97. The van der Waals surface area contributed by atoms with E-state index >= 15 is 0 Å². The van der Waals surface area contributed by atoms with Gasteiger partial charge in [-0.15, -0.1) is 0 Å². The molecule has 0 aromatic heterocycles. The van der Waals surface area contributed by atoms with E-state index < -0.39 is 18.1 Å². The molecule has 0 radical (unpaired) electrons. The Morgan fingerprint density at radius 3 is 2.29 bits per heavy atom. The van der Waals surface area contributed by atoms with Gasteiger partial charge in [0.1, 0.15) is 0 Å². The van der Waals surface area contributed by atoms with Crippen molar-refractivity contribution in [3.05, 3.63) is 34.4 Å². The Balaban J connectivity index is 2.19. The Hall–Kier alpha value is -1.85. The van der Waals surface area contributed by atoms with E-state index in [0.29, 0.717) is 24.8 Å². The van der Waals surface area contributed by atoms with Crippen LogP contribution >= 0.6 is 0 Å². The molecule has 0 bridgehead atoms. The number of benzene rings is 1. The molecule has 1 N–H and O–H groups in total. The molecule has 0 aliphatic heterocycles. The molecule has 0 heterocycles. The number of fused-ring (bicyclic) bond motifs is 1. The molecule has 1 aromatic carbocycles. The third kappa shape index (κ3) is 3.25. The molecule has 1 unspecified atom stereocenters. The first-order valence-electron chi connectivity index (χ1n) is 6.75. The van der Waals surface area contributed by atoms with Crippen molar-refractivity contribution in [3.8, 4) is 0 Å². The lowest BCUT2D eigenvalue weighted by atomic mass is 9.96. The van der Waals surface area contributed by atoms with E-state index in [0.717, 1.165) is 16.7 Å². The standard InChI is InChI=1S/C15H16F3NO2/c1-3-9-4-10-5-12(19-14(21)15(16,17)18)6-11(10)7-13(9)8(2)20/h4,7,12H,3,5-6H2,1-2H3,(H,19,21). The van der Waals surface area contributed by atoms with Crippen LogP contribution in [0.3, 0.4) is 0 Å². The number of hydrogen-bond acceptors (Lipinski definition) is 2. The Bertz CT molecular complexity index is 593. The summed E-state index contributed by atoms with van der Waals surface area (Å²) in [4.78, 5) is 22.6. The van der Waals surface area contributed by atoms with Gasteiger partial charge in [0.15, 0.2) is 5.78 Å². The van der Waals surface area contributed by atoms with Gasteiger partial charge in [-0.2, -0.15) is 13.2 Å². The summed E-state index contributed by atoms with van der Waals surface area (Å²) in [7, 11) is 0.